The number of aryl methyl sites for hydroxylation is 1. The van der Waals surface area contributed by atoms with Crippen molar-refractivity contribution < 1.29 is 22.3 Å². The summed E-state index contributed by atoms with van der Waals surface area (Å²) in [6, 6.07) is 10.6. The lowest BCUT2D eigenvalue weighted by atomic mass is 9.80. The summed E-state index contributed by atoms with van der Waals surface area (Å²) in [6.45, 7) is 2.19. The molecule has 0 heterocycles. The molecule has 0 saturated heterocycles. The smallest absolute Gasteiger partial charge is 0.305 e. The van der Waals surface area contributed by atoms with E-state index >= 15 is 0 Å². The van der Waals surface area contributed by atoms with Crippen molar-refractivity contribution in [3.05, 3.63) is 59.4 Å². The van der Waals surface area contributed by atoms with Gasteiger partial charge in [-0.3, -0.25) is 4.79 Å². The highest BCUT2D eigenvalue weighted by Crippen LogP contribution is 2.37. The first kappa shape index (κ1) is 20.5. The van der Waals surface area contributed by atoms with Gasteiger partial charge in [-0.2, -0.15) is 0 Å². The minimum atomic E-state index is -3.89. The molecule has 0 aliphatic heterocycles. The van der Waals surface area contributed by atoms with Crippen molar-refractivity contribution in [1.82, 2.24) is 0 Å². The first-order chi connectivity index (χ1) is 13.4. The van der Waals surface area contributed by atoms with Crippen LogP contribution in [0.15, 0.2) is 52.3 Å². The Kier molecular flexibility index (Phi) is 6.50. The minimum Gasteiger partial charge on any atom is -0.466 e. The summed E-state index contributed by atoms with van der Waals surface area (Å²) in [5.41, 5.74) is 2.15. The van der Waals surface area contributed by atoms with Crippen LogP contribution in [0.1, 0.15) is 56.1 Å². The summed E-state index contributed by atoms with van der Waals surface area (Å²) in [5.74, 6) is -0.606. The van der Waals surface area contributed by atoms with Crippen LogP contribution >= 0.6 is 0 Å². The summed E-state index contributed by atoms with van der Waals surface area (Å²) in [6.07, 6.45) is 4.82. The number of carbonyl (C=O) groups is 1. The molecule has 1 aliphatic rings. The molecule has 1 atom stereocenters. The lowest BCUT2D eigenvalue weighted by Crippen LogP contribution is -2.13. The van der Waals surface area contributed by atoms with Crippen LogP contribution in [-0.2, 0) is 25.8 Å². The molecule has 2 aromatic rings. The molecule has 2 aromatic carbocycles. The number of ether oxygens (including phenoxy) is 1. The first-order valence-electron chi connectivity index (χ1n) is 9.71. The Morgan fingerprint density at radius 2 is 2.00 bits per heavy atom. The second kappa shape index (κ2) is 8.86. The van der Waals surface area contributed by atoms with Gasteiger partial charge in [0.25, 0.3) is 0 Å². The predicted octanol–water partition coefficient (Wildman–Crippen LogP) is 4.81. The van der Waals surface area contributed by atoms with Crippen LogP contribution in [0, 0.1) is 5.82 Å². The van der Waals surface area contributed by atoms with Gasteiger partial charge in [0.1, 0.15) is 10.7 Å². The van der Waals surface area contributed by atoms with Crippen LogP contribution in [0.4, 0.5) is 4.39 Å². The quantitative estimate of drug-likeness (QED) is 0.621. The van der Waals surface area contributed by atoms with Crippen molar-refractivity contribution in [2.75, 3.05) is 6.61 Å². The van der Waals surface area contributed by atoms with Gasteiger partial charge in [0.05, 0.1) is 11.5 Å². The molecular weight excluding hydrogens is 379 g/mol. The number of esters is 1. The molecule has 0 saturated carbocycles. The maximum atomic E-state index is 14.0. The Hall–Kier alpha value is -2.21. The molecule has 0 N–H and O–H groups in total. The number of hydrogen-bond acceptors (Lipinski definition) is 4. The number of sulfone groups is 1. The maximum Gasteiger partial charge on any atom is 0.305 e. The molecular formula is C22H25FO4S. The van der Waals surface area contributed by atoms with Crippen LogP contribution in [0.5, 0.6) is 0 Å². The van der Waals surface area contributed by atoms with E-state index in [4.69, 9.17) is 4.74 Å². The van der Waals surface area contributed by atoms with Gasteiger partial charge in [-0.1, -0.05) is 18.2 Å². The van der Waals surface area contributed by atoms with Gasteiger partial charge in [-0.25, -0.2) is 12.8 Å². The number of carbonyl (C=O) groups excluding carboxylic acids is 1. The van der Waals surface area contributed by atoms with Gasteiger partial charge in [0, 0.05) is 6.42 Å². The van der Waals surface area contributed by atoms with E-state index in [1.165, 1.54) is 18.2 Å². The van der Waals surface area contributed by atoms with E-state index in [0.29, 0.717) is 18.9 Å². The number of hydrogen-bond donors (Lipinski definition) is 0. The minimum absolute atomic E-state index is 0.128. The summed E-state index contributed by atoms with van der Waals surface area (Å²) >= 11 is 0. The van der Waals surface area contributed by atoms with Crippen LogP contribution in [-0.4, -0.2) is 21.0 Å². The third kappa shape index (κ3) is 4.43. The molecule has 0 radical (unpaired) electrons. The number of fused-ring (bicyclic) bond motifs is 1. The Balaban J connectivity index is 1.79. The second-order valence-corrected chi connectivity index (χ2v) is 9.00. The monoisotopic (exact) mass is 404 g/mol. The zero-order valence-corrected chi connectivity index (χ0v) is 16.8. The summed E-state index contributed by atoms with van der Waals surface area (Å²) in [4.78, 5) is 11.4. The van der Waals surface area contributed by atoms with Crippen LogP contribution in [0.3, 0.4) is 0 Å². The third-order valence-corrected chi connectivity index (χ3v) is 7.01. The fraction of sp³-hybridized carbons (Fsp3) is 0.409. The maximum absolute atomic E-state index is 14.0. The van der Waals surface area contributed by atoms with E-state index in [2.05, 4.69) is 0 Å². The van der Waals surface area contributed by atoms with E-state index in [0.717, 1.165) is 49.3 Å². The highest BCUT2D eigenvalue weighted by atomic mass is 32.2. The fourth-order valence-electron chi connectivity index (χ4n) is 3.87. The van der Waals surface area contributed by atoms with Gasteiger partial charge in [0.15, 0.2) is 0 Å². The molecule has 3 rings (SSSR count). The molecule has 4 nitrogen and oxygen atoms in total. The van der Waals surface area contributed by atoms with Crippen molar-refractivity contribution in [2.24, 2.45) is 0 Å². The van der Waals surface area contributed by atoms with Gasteiger partial charge >= 0.3 is 5.97 Å². The molecule has 0 amide bonds. The van der Waals surface area contributed by atoms with Gasteiger partial charge in [-0.15, -0.1) is 0 Å². The zero-order valence-electron chi connectivity index (χ0n) is 16.0. The van der Waals surface area contributed by atoms with E-state index < -0.39 is 15.7 Å². The average molecular weight is 405 g/mol. The highest BCUT2D eigenvalue weighted by molar-refractivity contribution is 7.91. The summed E-state index contributed by atoms with van der Waals surface area (Å²) in [5, 5.41) is 0. The van der Waals surface area contributed by atoms with E-state index in [1.807, 2.05) is 6.07 Å². The fourth-order valence-corrected chi connectivity index (χ4v) is 5.25. The zero-order chi connectivity index (χ0) is 20.1. The topological polar surface area (TPSA) is 60.4 Å². The molecule has 6 heteroatoms. The Morgan fingerprint density at radius 1 is 1.21 bits per heavy atom. The Bertz CT molecular complexity index is 953. The lowest BCUT2D eigenvalue weighted by Gasteiger charge is -2.26. The standard InChI is InChI=1S/C22H25FO4S/c1-2-27-22(24)12-6-8-16-7-5-9-17-15-18(13-14-19(16)17)28(25,26)21-11-4-3-10-20(21)23/h3-4,10-11,13-16H,2,5-9,12H2,1H3/t16-/m0/s1. The molecule has 0 aromatic heterocycles. The Labute approximate surface area is 165 Å². The lowest BCUT2D eigenvalue weighted by molar-refractivity contribution is -0.143. The SMILES string of the molecule is CCOC(=O)CCC[C@@H]1CCCc2cc(S(=O)(=O)c3ccccc3F)ccc21. The van der Waals surface area contributed by atoms with E-state index in [-0.39, 0.29) is 15.8 Å². The normalized spacial score (nSPS) is 16.4. The van der Waals surface area contributed by atoms with Gasteiger partial charge < -0.3 is 4.74 Å². The molecule has 1 aliphatic carbocycles. The van der Waals surface area contributed by atoms with Crippen LogP contribution in [0.25, 0.3) is 0 Å². The molecule has 0 unspecified atom stereocenters. The van der Waals surface area contributed by atoms with E-state index in [1.54, 1.807) is 19.1 Å². The van der Waals surface area contributed by atoms with Gasteiger partial charge in [0.2, 0.25) is 9.84 Å². The van der Waals surface area contributed by atoms with Crippen molar-refractivity contribution in [1.29, 1.82) is 0 Å². The van der Waals surface area contributed by atoms with Crippen LogP contribution < -0.4 is 0 Å². The third-order valence-electron chi connectivity index (χ3n) is 5.23. The molecule has 0 fully saturated rings. The molecule has 28 heavy (non-hydrogen) atoms. The first-order valence-corrected chi connectivity index (χ1v) is 11.2. The number of halogens is 1. The van der Waals surface area contributed by atoms with Crippen molar-refractivity contribution in [2.45, 2.75) is 61.2 Å². The average Bonchev–Trinajstić information content (AvgIpc) is 2.68. The molecule has 0 bridgehead atoms. The Morgan fingerprint density at radius 3 is 2.75 bits per heavy atom. The summed E-state index contributed by atoms with van der Waals surface area (Å²) < 4.78 is 44.7. The van der Waals surface area contributed by atoms with Crippen LogP contribution in [0.2, 0.25) is 0 Å². The molecule has 150 valence electrons. The van der Waals surface area contributed by atoms with Gasteiger partial charge in [-0.05, 0) is 80.3 Å². The van der Waals surface area contributed by atoms with Crippen molar-refractivity contribution in [3.8, 4) is 0 Å². The van der Waals surface area contributed by atoms with E-state index in [9.17, 15) is 17.6 Å². The predicted molar refractivity (Wildman–Crippen MR) is 104 cm³/mol. The number of benzene rings is 2. The summed E-state index contributed by atoms with van der Waals surface area (Å²) in [7, 11) is -3.89. The number of rotatable bonds is 7. The van der Waals surface area contributed by atoms with Crippen molar-refractivity contribution in [3.63, 3.8) is 0 Å². The largest absolute Gasteiger partial charge is 0.466 e. The molecule has 0 spiro atoms. The van der Waals surface area contributed by atoms with Crippen molar-refractivity contribution >= 4 is 15.8 Å². The second-order valence-electron chi connectivity index (χ2n) is 7.08. The highest BCUT2D eigenvalue weighted by Gasteiger charge is 2.25.